The number of pyridine rings is 1. The van der Waals surface area contributed by atoms with Crippen molar-refractivity contribution in [2.45, 2.75) is 45.1 Å². The fourth-order valence-corrected chi connectivity index (χ4v) is 3.47. The highest BCUT2D eigenvalue weighted by atomic mass is 16.5. The van der Waals surface area contributed by atoms with Crippen molar-refractivity contribution in [3.63, 3.8) is 0 Å². The van der Waals surface area contributed by atoms with Gasteiger partial charge in [-0.3, -0.25) is 0 Å². The zero-order chi connectivity index (χ0) is 14.5. The van der Waals surface area contributed by atoms with Gasteiger partial charge in [-0.2, -0.15) is 0 Å². The molecule has 0 unspecified atom stereocenters. The van der Waals surface area contributed by atoms with Gasteiger partial charge in [-0.1, -0.05) is 13.8 Å². The van der Waals surface area contributed by atoms with Crippen LogP contribution in [0.15, 0.2) is 30.9 Å². The molecule has 1 aliphatic heterocycles. The molecule has 1 spiro atoms. The molecule has 1 fully saturated rings. The Hall–Kier alpha value is -1.97. The van der Waals surface area contributed by atoms with E-state index in [1.807, 2.05) is 18.3 Å². The molecule has 4 heteroatoms. The first-order chi connectivity index (χ1) is 10.1. The van der Waals surface area contributed by atoms with Crippen LogP contribution in [0.4, 0.5) is 0 Å². The van der Waals surface area contributed by atoms with Crippen LogP contribution in [0.3, 0.4) is 0 Å². The van der Waals surface area contributed by atoms with E-state index in [1.54, 1.807) is 12.5 Å². The largest absolute Gasteiger partial charge is 0.464 e. The van der Waals surface area contributed by atoms with Gasteiger partial charge in [0, 0.05) is 23.5 Å². The predicted octanol–water partition coefficient (Wildman–Crippen LogP) is 3.73. The lowest BCUT2D eigenvalue weighted by Crippen LogP contribution is -2.42. The molecule has 3 heterocycles. The SMILES string of the molecule is CC1(C)CCC2(CC1)Oc1ncccc1-c1cncnc12. The summed E-state index contributed by atoms with van der Waals surface area (Å²) in [6.45, 7) is 4.66. The number of rotatable bonds is 0. The van der Waals surface area contributed by atoms with E-state index in [-0.39, 0.29) is 5.60 Å². The number of nitrogens with zero attached hydrogens (tertiary/aromatic N) is 3. The van der Waals surface area contributed by atoms with Gasteiger partial charge in [-0.25, -0.2) is 15.0 Å². The maximum Gasteiger partial charge on any atom is 0.222 e. The molecule has 0 bridgehead atoms. The fraction of sp³-hybridized carbons (Fsp3) is 0.471. The number of hydrogen-bond acceptors (Lipinski definition) is 4. The molecule has 21 heavy (non-hydrogen) atoms. The van der Waals surface area contributed by atoms with Crippen LogP contribution in [-0.2, 0) is 5.60 Å². The van der Waals surface area contributed by atoms with Gasteiger partial charge < -0.3 is 4.74 Å². The molecule has 4 nitrogen and oxygen atoms in total. The van der Waals surface area contributed by atoms with Crippen molar-refractivity contribution in [3.8, 4) is 17.0 Å². The minimum Gasteiger partial charge on any atom is -0.464 e. The Bertz CT molecular complexity index is 686. The van der Waals surface area contributed by atoms with Crippen LogP contribution >= 0.6 is 0 Å². The third kappa shape index (κ3) is 1.93. The van der Waals surface area contributed by atoms with Crippen LogP contribution in [0.1, 0.15) is 45.2 Å². The van der Waals surface area contributed by atoms with E-state index in [2.05, 4.69) is 28.8 Å². The summed E-state index contributed by atoms with van der Waals surface area (Å²) in [5, 5.41) is 0. The molecule has 0 N–H and O–H groups in total. The summed E-state index contributed by atoms with van der Waals surface area (Å²) in [5.74, 6) is 0.722. The summed E-state index contributed by atoms with van der Waals surface area (Å²) in [4.78, 5) is 13.2. The molecule has 2 aromatic rings. The highest BCUT2D eigenvalue weighted by Gasteiger charge is 2.47. The molecule has 1 aliphatic carbocycles. The molecule has 2 aromatic heterocycles. The topological polar surface area (TPSA) is 47.9 Å². The van der Waals surface area contributed by atoms with Crippen molar-refractivity contribution in [1.82, 2.24) is 15.0 Å². The molecular formula is C17H19N3O. The van der Waals surface area contributed by atoms with Crippen molar-refractivity contribution < 1.29 is 4.74 Å². The Morgan fingerprint density at radius 1 is 1.05 bits per heavy atom. The second-order valence-electron chi connectivity index (χ2n) is 6.90. The van der Waals surface area contributed by atoms with Crippen molar-refractivity contribution in [2.24, 2.45) is 5.41 Å². The minimum absolute atomic E-state index is 0.324. The second kappa shape index (κ2) is 4.26. The van der Waals surface area contributed by atoms with Crippen molar-refractivity contribution in [2.75, 3.05) is 0 Å². The molecular weight excluding hydrogens is 262 g/mol. The van der Waals surface area contributed by atoms with Gasteiger partial charge in [0.05, 0.1) is 5.69 Å². The summed E-state index contributed by atoms with van der Waals surface area (Å²) >= 11 is 0. The summed E-state index contributed by atoms with van der Waals surface area (Å²) < 4.78 is 6.38. The first kappa shape index (κ1) is 12.7. The van der Waals surface area contributed by atoms with Gasteiger partial charge in [0.2, 0.25) is 5.88 Å². The fourth-order valence-electron chi connectivity index (χ4n) is 3.47. The predicted molar refractivity (Wildman–Crippen MR) is 79.8 cm³/mol. The lowest BCUT2D eigenvalue weighted by molar-refractivity contribution is -0.0163. The molecule has 1 saturated carbocycles. The van der Waals surface area contributed by atoms with Gasteiger partial charge in [0.1, 0.15) is 6.33 Å². The molecule has 108 valence electrons. The molecule has 2 aliphatic rings. The normalized spacial score (nSPS) is 21.2. The maximum absolute atomic E-state index is 6.38. The number of fused-ring (bicyclic) bond motifs is 4. The standard InChI is InChI=1S/C17H19N3O/c1-16(2)5-7-17(8-6-16)14-13(10-18-11-20-14)12-4-3-9-19-15(12)21-17/h3-4,9-11H,5-8H2,1-2H3. The number of hydrogen-bond donors (Lipinski definition) is 0. The maximum atomic E-state index is 6.38. The average Bonchev–Trinajstić information content (AvgIpc) is 2.51. The summed E-state index contributed by atoms with van der Waals surface area (Å²) in [6, 6.07) is 3.96. The van der Waals surface area contributed by atoms with Crippen molar-refractivity contribution >= 4 is 0 Å². The Labute approximate surface area is 124 Å². The van der Waals surface area contributed by atoms with Gasteiger partial charge >= 0.3 is 0 Å². The van der Waals surface area contributed by atoms with Crippen LogP contribution in [0.5, 0.6) is 5.88 Å². The molecule has 0 aromatic carbocycles. The van der Waals surface area contributed by atoms with Crippen LogP contribution in [0.25, 0.3) is 11.1 Å². The van der Waals surface area contributed by atoms with Crippen molar-refractivity contribution in [3.05, 3.63) is 36.5 Å². The Kier molecular flexibility index (Phi) is 2.59. The molecule has 0 amide bonds. The van der Waals surface area contributed by atoms with E-state index >= 15 is 0 Å². The quantitative estimate of drug-likeness (QED) is 0.738. The molecule has 0 radical (unpaired) electrons. The highest BCUT2D eigenvalue weighted by Crippen LogP contribution is 2.52. The van der Waals surface area contributed by atoms with E-state index in [1.165, 1.54) is 0 Å². The van der Waals surface area contributed by atoms with E-state index in [0.717, 1.165) is 48.4 Å². The van der Waals surface area contributed by atoms with Crippen LogP contribution in [-0.4, -0.2) is 15.0 Å². The van der Waals surface area contributed by atoms with E-state index in [4.69, 9.17) is 4.74 Å². The third-order valence-electron chi connectivity index (χ3n) is 4.91. The lowest BCUT2D eigenvalue weighted by Gasteiger charge is -2.45. The third-order valence-corrected chi connectivity index (χ3v) is 4.91. The van der Waals surface area contributed by atoms with Gasteiger partial charge in [0.15, 0.2) is 5.60 Å². The number of ether oxygens (including phenoxy) is 1. The second-order valence-corrected chi connectivity index (χ2v) is 6.90. The zero-order valence-corrected chi connectivity index (χ0v) is 12.5. The van der Waals surface area contributed by atoms with E-state index < -0.39 is 0 Å². The smallest absolute Gasteiger partial charge is 0.222 e. The molecule has 0 saturated heterocycles. The van der Waals surface area contributed by atoms with Gasteiger partial charge in [-0.05, 0) is 43.2 Å². The number of aromatic nitrogens is 3. The summed E-state index contributed by atoms with van der Waals surface area (Å²) in [7, 11) is 0. The molecule has 0 atom stereocenters. The lowest BCUT2D eigenvalue weighted by atomic mass is 9.68. The Balaban J connectivity index is 1.85. The Morgan fingerprint density at radius 2 is 1.86 bits per heavy atom. The molecule has 4 rings (SSSR count). The van der Waals surface area contributed by atoms with E-state index in [9.17, 15) is 0 Å². The summed E-state index contributed by atoms with van der Waals surface area (Å²) in [6.07, 6.45) is 9.56. The van der Waals surface area contributed by atoms with Gasteiger partial charge in [-0.15, -0.1) is 0 Å². The first-order valence-electron chi connectivity index (χ1n) is 7.55. The Morgan fingerprint density at radius 3 is 2.67 bits per heavy atom. The summed E-state index contributed by atoms with van der Waals surface area (Å²) in [5.41, 5.74) is 3.17. The average molecular weight is 281 g/mol. The van der Waals surface area contributed by atoms with Gasteiger partial charge in [0.25, 0.3) is 0 Å². The highest BCUT2D eigenvalue weighted by molar-refractivity contribution is 5.72. The van der Waals surface area contributed by atoms with Crippen molar-refractivity contribution in [1.29, 1.82) is 0 Å². The van der Waals surface area contributed by atoms with Crippen LogP contribution < -0.4 is 4.74 Å². The monoisotopic (exact) mass is 281 g/mol. The van der Waals surface area contributed by atoms with Crippen LogP contribution in [0.2, 0.25) is 0 Å². The minimum atomic E-state index is -0.324. The zero-order valence-electron chi connectivity index (χ0n) is 12.5. The van der Waals surface area contributed by atoms with Crippen LogP contribution in [0, 0.1) is 5.41 Å². The first-order valence-corrected chi connectivity index (χ1v) is 7.55. The van der Waals surface area contributed by atoms with E-state index in [0.29, 0.717) is 5.41 Å².